The Kier molecular flexibility index (Phi) is 3.69. The van der Waals surface area contributed by atoms with Crippen LogP contribution in [-0.4, -0.2) is 17.4 Å². The summed E-state index contributed by atoms with van der Waals surface area (Å²) in [5.74, 6) is -0.0422. The molecule has 3 aromatic rings. The summed E-state index contributed by atoms with van der Waals surface area (Å²) in [4.78, 5) is 16.1. The summed E-state index contributed by atoms with van der Waals surface area (Å²) >= 11 is 0. The second-order valence-corrected chi connectivity index (χ2v) is 5.03. The molecule has 0 spiro atoms. The van der Waals surface area contributed by atoms with Gasteiger partial charge in [0.05, 0.1) is 0 Å². The molecule has 1 aromatic heterocycles. The number of aromatic nitrogens is 1. The quantitative estimate of drug-likeness (QED) is 0.799. The van der Waals surface area contributed by atoms with E-state index >= 15 is 0 Å². The molecule has 0 atom stereocenters. The Morgan fingerprint density at radius 1 is 1.24 bits per heavy atom. The average molecular weight is 280 g/mol. The number of hydrogen-bond acceptors (Lipinski definition) is 3. The van der Waals surface area contributed by atoms with Crippen molar-refractivity contribution in [1.29, 1.82) is 0 Å². The zero-order valence-corrected chi connectivity index (χ0v) is 11.8. The van der Waals surface area contributed by atoms with E-state index in [1.165, 1.54) is 6.39 Å². The van der Waals surface area contributed by atoms with Crippen LogP contribution in [0.1, 0.15) is 21.5 Å². The lowest BCUT2D eigenvalue weighted by Crippen LogP contribution is -2.25. The van der Waals surface area contributed by atoms with Crippen LogP contribution in [0.2, 0.25) is 0 Å². The van der Waals surface area contributed by atoms with Crippen molar-refractivity contribution in [3.8, 4) is 0 Å². The molecule has 21 heavy (non-hydrogen) atoms. The van der Waals surface area contributed by atoms with Crippen molar-refractivity contribution < 1.29 is 9.21 Å². The van der Waals surface area contributed by atoms with Crippen LogP contribution in [0, 0.1) is 6.92 Å². The Labute approximate surface area is 122 Å². The molecule has 3 rings (SSSR count). The summed E-state index contributed by atoms with van der Waals surface area (Å²) in [6, 6.07) is 13.5. The summed E-state index contributed by atoms with van der Waals surface area (Å²) in [7, 11) is 0. The number of carbonyl (C=O) groups is 1. The van der Waals surface area contributed by atoms with Crippen LogP contribution in [0.4, 0.5) is 0 Å². The zero-order valence-electron chi connectivity index (χ0n) is 11.8. The Morgan fingerprint density at radius 3 is 3.00 bits per heavy atom. The Morgan fingerprint density at radius 2 is 2.14 bits per heavy atom. The zero-order chi connectivity index (χ0) is 14.7. The number of carbonyl (C=O) groups excluding carboxylic acids is 1. The van der Waals surface area contributed by atoms with Crippen LogP contribution in [0.25, 0.3) is 11.1 Å². The maximum atomic E-state index is 12.0. The van der Waals surface area contributed by atoms with Crippen LogP contribution in [0.5, 0.6) is 0 Å². The van der Waals surface area contributed by atoms with E-state index in [-0.39, 0.29) is 5.91 Å². The third-order valence-corrected chi connectivity index (χ3v) is 3.38. The first-order valence-corrected chi connectivity index (χ1v) is 6.89. The molecular formula is C17H16N2O2. The van der Waals surface area contributed by atoms with Gasteiger partial charge in [0, 0.05) is 12.1 Å². The summed E-state index contributed by atoms with van der Waals surface area (Å²) in [6.45, 7) is 2.57. The number of nitrogens with zero attached hydrogens (tertiary/aromatic N) is 1. The van der Waals surface area contributed by atoms with Gasteiger partial charge in [0.15, 0.2) is 12.0 Å². The second kappa shape index (κ2) is 5.79. The van der Waals surface area contributed by atoms with Gasteiger partial charge in [-0.15, -0.1) is 0 Å². The molecule has 0 aliphatic rings. The number of nitrogens with one attached hydrogen (secondary N) is 1. The fraction of sp³-hybridized carbons (Fsp3) is 0.176. The second-order valence-electron chi connectivity index (χ2n) is 5.03. The highest BCUT2D eigenvalue weighted by Crippen LogP contribution is 2.14. The highest BCUT2D eigenvalue weighted by atomic mass is 16.3. The van der Waals surface area contributed by atoms with Gasteiger partial charge in [-0.3, -0.25) is 4.79 Å². The van der Waals surface area contributed by atoms with E-state index in [2.05, 4.69) is 10.3 Å². The van der Waals surface area contributed by atoms with Gasteiger partial charge in [0.25, 0.3) is 5.91 Å². The number of hydrogen-bond donors (Lipinski definition) is 1. The van der Waals surface area contributed by atoms with E-state index in [1.54, 1.807) is 0 Å². The number of benzene rings is 2. The minimum Gasteiger partial charge on any atom is -0.443 e. The van der Waals surface area contributed by atoms with Gasteiger partial charge in [-0.25, -0.2) is 4.98 Å². The Hall–Kier alpha value is -2.62. The monoisotopic (exact) mass is 280 g/mol. The van der Waals surface area contributed by atoms with Crippen molar-refractivity contribution >= 4 is 17.0 Å². The van der Waals surface area contributed by atoms with Crippen LogP contribution in [-0.2, 0) is 6.42 Å². The number of amides is 1. The lowest BCUT2D eigenvalue weighted by atomic mass is 10.1. The predicted octanol–water partition coefficient (Wildman–Crippen LogP) is 3.11. The Bertz CT molecular complexity index is 777. The van der Waals surface area contributed by atoms with Crippen LogP contribution >= 0.6 is 0 Å². The summed E-state index contributed by atoms with van der Waals surface area (Å²) in [5.41, 5.74) is 4.52. The lowest BCUT2D eigenvalue weighted by Gasteiger charge is -2.06. The topological polar surface area (TPSA) is 55.1 Å². The third kappa shape index (κ3) is 3.11. The molecule has 0 aliphatic carbocycles. The molecule has 1 heterocycles. The molecule has 0 fully saturated rings. The van der Waals surface area contributed by atoms with Crippen LogP contribution < -0.4 is 5.32 Å². The van der Waals surface area contributed by atoms with Crippen LogP contribution in [0.15, 0.2) is 53.3 Å². The first-order chi connectivity index (χ1) is 10.2. The molecule has 1 N–H and O–H groups in total. The molecule has 0 saturated carbocycles. The largest absolute Gasteiger partial charge is 0.443 e. The third-order valence-electron chi connectivity index (χ3n) is 3.38. The van der Waals surface area contributed by atoms with E-state index in [4.69, 9.17) is 4.42 Å². The van der Waals surface area contributed by atoms with E-state index in [9.17, 15) is 4.79 Å². The van der Waals surface area contributed by atoms with Crippen molar-refractivity contribution in [2.75, 3.05) is 6.54 Å². The Balaban J connectivity index is 1.59. The maximum absolute atomic E-state index is 12.0. The fourth-order valence-corrected chi connectivity index (χ4v) is 2.26. The lowest BCUT2D eigenvalue weighted by molar-refractivity contribution is 0.0954. The highest BCUT2D eigenvalue weighted by Gasteiger charge is 2.05. The van der Waals surface area contributed by atoms with Crippen molar-refractivity contribution in [1.82, 2.24) is 10.3 Å². The number of fused-ring (bicyclic) bond motifs is 1. The van der Waals surface area contributed by atoms with Crippen molar-refractivity contribution in [2.24, 2.45) is 0 Å². The molecule has 106 valence electrons. The van der Waals surface area contributed by atoms with E-state index in [0.29, 0.717) is 12.1 Å². The average Bonchev–Trinajstić information content (AvgIpc) is 2.94. The number of rotatable bonds is 4. The summed E-state index contributed by atoms with van der Waals surface area (Å²) < 4.78 is 5.27. The van der Waals surface area contributed by atoms with Gasteiger partial charge in [0.2, 0.25) is 0 Å². The fourth-order valence-electron chi connectivity index (χ4n) is 2.26. The molecule has 0 saturated heterocycles. The normalized spacial score (nSPS) is 10.7. The van der Waals surface area contributed by atoms with Crippen molar-refractivity contribution in [3.63, 3.8) is 0 Å². The van der Waals surface area contributed by atoms with Gasteiger partial charge < -0.3 is 9.73 Å². The first-order valence-electron chi connectivity index (χ1n) is 6.89. The van der Waals surface area contributed by atoms with E-state index < -0.39 is 0 Å². The summed E-state index contributed by atoms with van der Waals surface area (Å²) in [5, 5.41) is 2.93. The van der Waals surface area contributed by atoms with Crippen molar-refractivity contribution in [3.05, 3.63) is 65.5 Å². The SMILES string of the molecule is Cc1cccc(C(=O)NCCc2ccc3ncoc3c2)c1. The molecule has 0 radical (unpaired) electrons. The first kappa shape index (κ1) is 13.4. The van der Waals surface area contributed by atoms with Gasteiger partial charge in [-0.1, -0.05) is 23.8 Å². The molecule has 2 aromatic carbocycles. The number of oxazole rings is 1. The molecule has 0 aliphatic heterocycles. The van der Waals surface area contributed by atoms with E-state index in [1.807, 2.05) is 49.4 Å². The highest BCUT2D eigenvalue weighted by molar-refractivity contribution is 5.94. The predicted molar refractivity (Wildman–Crippen MR) is 81.2 cm³/mol. The molecular weight excluding hydrogens is 264 g/mol. The molecule has 0 bridgehead atoms. The standard InChI is InChI=1S/C17H16N2O2/c1-12-3-2-4-14(9-12)17(20)18-8-7-13-5-6-15-16(10-13)21-11-19-15/h2-6,9-11H,7-8H2,1H3,(H,18,20). The van der Waals surface area contributed by atoms with Crippen LogP contribution in [0.3, 0.4) is 0 Å². The smallest absolute Gasteiger partial charge is 0.251 e. The van der Waals surface area contributed by atoms with Gasteiger partial charge in [-0.05, 0) is 43.2 Å². The molecule has 4 heteroatoms. The van der Waals surface area contributed by atoms with Gasteiger partial charge in [-0.2, -0.15) is 0 Å². The van der Waals surface area contributed by atoms with Gasteiger partial charge >= 0.3 is 0 Å². The van der Waals surface area contributed by atoms with E-state index in [0.717, 1.165) is 28.6 Å². The summed E-state index contributed by atoms with van der Waals surface area (Å²) in [6.07, 6.45) is 2.20. The minimum absolute atomic E-state index is 0.0422. The molecule has 0 unspecified atom stereocenters. The minimum atomic E-state index is -0.0422. The number of aryl methyl sites for hydroxylation is 1. The molecule has 1 amide bonds. The van der Waals surface area contributed by atoms with Gasteiger partial charge in [0.1, 0.15) is 5.52 Å². The van der Waals surface area contributed by atoms with Crippen molar-refractivity contribution in [2.45, 2.75) is 13.3 Å². The molecule has 4 nitrogen and oxygen atoms in total. The maximum Gasteiger partial charge on any atom is 0.251 e.